The number of amides is 4. The topological polar surface area (TPSA) is 163 Å². The predicted molar refractivity (Wildman–Crippen MR) is 215 cm³/mol. The number of hydrogen-bond acceptors (Lipinski definition) is 11. The highest BCUT2D eigenvalue weighted by Crippen LogP contribution is 2.40. The lowest BCUT2D eigenvalue weighted by Crippen LogP contribution is -2.49. The van der Waals surface area contributed by atoms with Gasteiger partial charge in [0.15, 0.2) is 10.8 Å². The molecule has 4 heterocycles. The smallest absolute Gasteiger partial charge is 0.419 e. The third kappa shape index (κ3) is 9.90. The SMILES string of the molecule is CC1(C)C(=O)N(c2cnc(C#N)c(C(F)(F)F)c2)C(=S)N1c1ccc(OCCN2CCN(CC(=O)Nc3cc(Cl)cc(NC4CCC(=O)NC4=O)c3)CC2)c(CCF)c1. The van der Waals surface area contributed by atoms with Crippen molar-refractivity contribution in [1.82, 2.24) is 20.1 Å². The second kappa shape index (κ2) is 17.8. The van der Waals surface area contributed by atoms with Gasteiger partial charge >= 0.3 is 6.18 Å². The lowest BCUT2D eigenvalue weighted by Gasteiger charge is -2.34. The van der Waals surface area contributed by atoms with Crippen LogP contribution in [0.1, 0.15) is 43.5 Å². The summed E-state index contributed by atoms with van der Waals surface area (Å²) in [6.45, 7) is 5.95. The van der Waals surface area contributed by atoms with Crippen LogP contribution in [0, 0.1) is 11.3 Å². The minimum Gasteiger partial charge on any atom is -0.492 e. The molecule has 0 saturated carbocycles. The van der Waals surface area contributed by atoms with E-state index < -0.39 is 47.5 Å². The molecule has 1 atom stereocenters. The number of piperazine rings is 1. The van der Waals surface area contributed by atoms with Crippen LogP contribution in [0.4, 0.5) is 40.3 Å². The number of imide groups is 1. The second-order valence-electron chi connectivity index (χ2n) is 14.6. The van der Waals surface area contributed by atoms with Crippen molar-refractivity contribution in [3.63, 3.8) is 0 Å². The number of pyridine rings is 1. The van der Waals surface area contributed by atoms with Crippen molar-refractivity contribution in [2.24, 2.45) is 0 Å². The molecule has 3 N–H and O–H groups in total. The summed E-state index contributed by atoms with van der Waals surface area (Å²) < 4.78 is 61.1. The molecule has 0 radical (unpaired) electrons. The maximum atomic E-state index is 13.8. The normalized spacial score (nSPS) is 18.8. The van der Waals surface area contributed by atoms with Gasteiger partial charge < -0.3 is 20.3 Å². The maximum absolute atomic E-state index is 13.8. The van der Waals surface area contributed by atoms with Gasteiger partial charge in [0.25, 0.3) is 5.91 Å². The minimum absolute atomic E-state index is 0.00998. The Morgan fingerprint density at radius 1 is 1.07 bits per heavy atom. The zero-order valence-electron chi connectivity index (χ0n) is 32.0. The summed E-state index contributed by atoms with van der Waals surface area (Å²) in [6.07, 6.45) is -3.36. The molecular formula is C39H40ClF4N9O5S. The lowest BCUT2D eigenvalue weighted by atomic mass is 10.0. The van der Waals surface area contributed by atoms with E-state index in [1.165, 1.54) is 11.0 Å². The molecule has 3 aliphatic rings. The Hall–Kier alpha value is -5.42. The summed E-state index contributed by atoms with van der Waals surface area (Å²) >= 11 is 11.9. The summed E-state index contributed by atoms with van der Waals surface area (Å²) in [7, 11) is 0. The predicted octanol–water partition coefficient (Wildman–Crippen LogP) is 4.91. The molecule has 0 bridgehead atoms. The number of anilines is 4. The molecule has 312 valence electrons. The van der Waals surface area contributed by atoms with Crippen LogP contribution in [0.2, 0.25) is 5.02 Å². The number of ether oxygens (including phenoxy) is 1. The van der Waals surface area contributed by atoms with E-state index in [-0.39, 0.29) is 48.6 Å². The van der Waals surface area contributed by atoms with Gasteiger partial charge in [-0.2, -0.15) is 18.4 Å². The average Bonchev–Trinajstić information content (AvgIpc) is 3.35. The number of halogens is 5. The number of thiocarbonyl (C=S) groups is 1. The van der Waals surface area contributed by atoms with E-state index in [2.05, 4.69) is 25.8 Å². The van der Waals surface area contributed by atoms with Crippen LogP contribution in [0.3, 0.4) is 0 Å². The molecule has 0 spiro atoms. The van der Waals surface area contributed by atoms with Crippen LogP contribution in [0.5, 0.6) is 5.75 Å². The van der Waals surface area contributed by atoms with Gasteiger partial charge in [-0.25, -0.2) is 4.98 Å². The van der Waals surface area contributed by atoms with Gasteiger partial charge in [0.1, 0.15) is 30.0 Å². The van der Waals surface area contributed by atoms with Gasteiger partial charge in [-0.3, -0.25) is 43.6 Å². The molecule has 1 aromatic heterocycles. The number of benzene rings is 2. The fourth-order valence-electron chi connectivity index (χ4n) is 7.12. The van der Waals surface area contributed by atoms with Crippen molar-refractivity contribution in [1.29, 1.82) is 5.26 Å². The summed E-state index contributed by atoms with van der Waals surface area (Å²) in [6, 6.07) is 11.3. The van der Waals surface area contributed by atoms with Crippen LogP contribution in [0.15, 0.2) is 48.7 Å². The first kappa shape index (κ1) is 43.2. The first-order valence-electron chi connectivity index (χ1n) is 18.6. The molecule has 3 fully saturated rings. The number of piperidine rings is 1. The monoisotopic (exact) mass is 857 g/mol. The average molecular weight is 858 g/mol. The molecule has 2 aromatic carbocycles. The Kier molecular flexibility index (Phi) is 13.0. The van der Waals surface area contributed by atoms with E-state index in [1.807, 2.05) is 4.90 Å². The Balaban J connectivity index is 1.02. The molecular weight excluding hydrogens is 818 g/mol. The molecule has 20 heteroatoms. The number of alkyl halides is 4. The number of carbonyl (C=O) groups excluding carboxylic acids is 4. The van der Waals surface area contributed by atoms with Crippen LogP contribution in [-0.2, 0) is 31.8 Å². The van der Waals surface area contributed by atoms with Crippen molar-refractivity contribution < 1.29 is 41.5 Å². The van der Waals surface area contributed by atoms with E-state index in [9.17, 15) is 36.7 Å². The standard InChI is InChI=1S/C39H40ClF4N9O5S/c1-38(2)36(57)52(28-19-29(39(42,43)44)31(20-45)46-21-28)37(59)53(38)27-3-5-32(23(15-27)7-8-41)58-14-13-50-9-11-51(12-10-50)22-34(55)48-26-17-24(40)16-25(18-26)47-30-4-6-33(54)49-35(30)56/h3,5,15-19,21,30,47H,4,6-14,22H2,1-2H3,(H,48,55)(H,49,54,56). The number of aromatic nitrogens is 1. The number of aryl methyl sites for hydroxylation is 1. The van der Waals surface area contributed by atoms with Crippen molar-refractivity contribution in [3.8, 4) is 11.8 Å². The van der Waals surface area contributed by atoms with Crippen molar-refractivity contribution in [2.45, 2.75) is 50.9 Å². The lowest BCUT2D eigenvalue weighted by molar-refractivity contribution is -0.138. The first-order valence-corrected chi connectivity index (χ1v) is 19.4. The molecule has 0 aliphatic carbocycles. The Morgan fingerprint density at radius 2 is 1.78 bits per heavy atom. The Bertz CT molecular complexity index is 2200. The molecule has 14 nitrogen and oxygen atoms in total. The molecule has 6 rings (SSSR count). The van der Waals surface area contributed by atoms with Gasteiger partial charge in [0, 0.05) is 67.7 Å². The Morgan fingerprint density at radius 3 is 2.46 bits per heavy atom. The van der Waals surface area contributed by atoms with Crippen LogP contribution >= 0.6 is 23.8 Å². The molecule has 1 unspecified atom stereocenters. The fraction of sp³-hybridized carbons (Fsp3) is 0.410. The fourth-order valence-corrected chi connectivity index (χ4v) is 7.87. The van der Waals surface area contributed by atoms with E-state index >= 15 is 0 Å². The van der Waals surface area contributed by atoms with Crippen molar-refractivity contribution in [3.05, 3.63) is 70.5 Å². The van der Waals surface area contributed by atoms with Gasteiger partial charge in [-0.05, 0) is 80.5 Å². The summed E-state index contributed by atoms with van der Waals surface area (Å²) in [4.78, 5) is 60.5. The third-order valence-electron chi connectivity index (χ3n) is 10.1. The first-order chi connectivity index (χ1) is 28.0. The van der Waals surface area contributed by atoms with Gasteiger partial charge in [0.05, 0.1) is 30.7 Å². The molecule has 3 aromatic rings. The number of nitrogens with zero attached hydrogens (tertiary/aromatic N) is 6. The highest BCUT2D eigenvalue weighted by atomic mass is 35.5. The largest absolute Gasteiger partial charge is 0.492 e. The van der Waals surface area contributed by atoms with Crippen molar-refractivity contribution in [2.75, 3.05) is 73.0 Å². The summed E-state index contributed by atoms with van der Waals surface area (Å²) in [5, 5.41) is 17.6. The van der Waals surface area contributed by atoms with Gasteiger partial charge in [-0.15, -0.1) is 0 Å². The van der Waals surface area contributed by atoms with E-state index in [0.29, 0.717) is 78.6 Å². The van der Waals surface area contributed by atoms with Crippen LogP contribution < -0.4 is 30.5 Å². The van der Waals surface area contributed by atoms with Gasteiger partial charge in [-0.1, -0.05) is 11.6 Å². The van der Waals surface area contributed by atoms with Crippen LogP contribution in [0.25, 0.3) is 0 Å². The number of nitriles is 1. The number of nitrogens with one attached hydrogen (secondary N) is 3. The van der Waals surface area contributed by atoms with E-state index in [1.54, 1.807) is 50.2 Å². The van der Waals surface area contributed by atoms with Crippen LogP contribution in [-0.4, -0.2) is 108 Å². The highest BCUT2D eigenvalue weighted by Gasteiger charge is 2.51. The molecule has 3 aliphatic heterocycles. The van der Waals surface area contributed by atoms with E-state index in [4.69, 9.17) is 33.8 Å². The number of rotatable bonds is 13. The number of hydrogen-bond donors (Lipinski definition) is 3. The minimum atomic E-state index is -4.90. The maximum Gasteiger partial charge on any atom is 0.419 e. The quantitative estimate of drug-likeness (QED) is 0.121. The third-order valence-corrected chi connectivity index (χ3v) is 10.7. The Labute approximate surface area is 347 Å². The zero-order chi connectivity index (χ0) is 42.6. The summed E-state index contributed by atoms with van der Waals surface area (Å²) in [5.74, 6) is -1.18. The van der Waals surface area contributed by atoms with Crippen molar-refractivity contribution >= 4 is 75.3 Å². The zero-order valence-corrected chi connectivity index (χ0v) is 33.6. The highest BCUT2D eigenvalue weighted by molar-refractivity contribution is 7.81. The molecule has 4 amide bonds. The van der Waals surface area contributed by atoms with E-state index in [0.717, 1.165) is 11.1 Å². The molecule has 59 heavy (non-hydrogen) atoms. The number of carbonyl (C=O) groups is 4. The molecule has 3 saturated heterocycles. The summed E-state index contributed by atoms with van der Waals surface area (Å²) in [5.41, 5.74) is -1.83. The second-order valence-corrected chi connectivity index (χ2v) is 15.4. The van der Waals surface area contributed by atoms with Gasteiger partial charge in [0.2, 0.25) is 17.7 Å².